The Bertz CT molecular complexity index is 766. The number of hydrogen-bond donors (Lipinski definition) is 2. The van der Waals surface area contributed by atoms with Gasteiger partial charge in [-0.15, -0.1) is 0 Å². The van der Waals surface area contributed by atoms with Gasteiger partial charge in [-0.3, -0.25) is 4.79 Å². The number of amides is 3. The third kappa shape index (κ3) is 4.09. The van der Waals surface area contributed by atoms with Crippen LogP contribution in [0.25, 0.3) is 0 Å². The summed E-state index contributed by atoms with van der Waals surface area (Å²) in [6, 6.07) is 7.85. The van der Waals surface area contributed by atoms with Crippen molar-refractivity contribution in [2.24, 2.45) is 0 Å². The minimum absolute atomic E-state index is 0.0620. The molecule has 2 heterocycles. The van der Waals surface area contributed by atoms with Crippen LogP contribution in [0.5, 0.6) is 5.75 Å². The van der Waals surface area contributed by atoms with E-state index in [1.807, 2.05) is 0 Å². The Morgan fingerprint density at radius 3 is 2.56 bits per heavy atom. The van der Waals surface area contributed by atoms with Crippen molar-refractivity contribution in [3.05, 3.63) is 47.3 Å². The molecule has 3 amide bonds. The van der Waals surface area contributed by atoms with Gasteiger partial charge in [-0.25, -0.2) is 4.79 Å². The maximum absolute atomic E-state index is 12.4. The van der Waals surface area contributed by atoms with E-state index < -0.39 is 0 Å². The monoisotopic (exact) mass is 344 g/mol. The molecule has 0 saturated carbocycles. The van der Waals surface area contributed by atoms with E-state index >= 15 is 0 Å². The molecule has 0 bridgehead atoms. The Kier molecular flexibility index (Phi) is 4.87. The van der Waals surface area contributed by atoms with Crippen LogP contribution >= 0.6 is 0 Å². The van der Waals surface area contributed by atoms with Crippen molar-refractivity contribution in [3.8, 4) is 5.75 Å². The summed E-state index contributed by atoms with van der Waals surface area (Å²) in [6.07, 6.45) is 0. The van der Waals surface area contributed by atoms with Crippen LogP contribution in [-0.2, 0) is 6.54 Å². The van der Waals surface area contributed by atoms with Crippen LogP contribution in [0.4, 0.5) is 4.79 Å². The number of phenols is 1. The number of nitrogens with zero attached hydrogens (tertiary/aromatic N) is 3. The number of aromatic nitrogens is 1. The molecule has 3 rings (SSSR count). The molecule has 1 saturated heterocycles. The first kappa shape index (κ1) is 16.8. The Hall–Kier alpha value is -3.03. The number of benzene rings is 1. The number of aromatic hydroxyl groups is 1. The van der Waals surface area contributed by atoms with Crippen molar-refractivity contribution in [1.29, 1.82) is 0 Å². The average molecular weight is 344 g/mol. The summed E-state index contributed by atoms with van der Waals surface area (Å²) >= 11 is 0. The Labute approximate surface area is 145 Å². The van der Waals surface area contributed by atoms with Crippen molar-refractivity contribution in [3.63, 3.8) is 0 Å². The van der Waals surface area contributed by atoms with Gasteiger partial charge >= 0.3 is 6.03 Å². The second-order valence-electron chi connectivity index (χ2n) is 5.92. The van der Waals surface area contributed by atoms with Crippen LogP contribution in [0.2, 0.25) is 0 Å². The molecule has 8 heteroatoms. The van der Waals surface area contributed by atoms with Crippen molar-refractivity contribution >= 4 is 11.9 Å². The molecule has 1 aliphatic heterocycles. The van der Waals surface area contributed by atoms with E-state index in [1.54, 1.807) is 34.9 Å². The molecule has 1 fully saturated rings. The molecule has 2 N–H and O–H groups in total. The van der Waals surface area contributed by atoms with Crippen LogP contribution in [0, 0.1) is 6.92 Å². The minimum atomic E-state index is -0.190. The summed E-state index contributed by atoms with van der Waals surface area (Å²) in [4.78, 5) is 28.0. The van der Waals surface area contributed by atoms with Gasteiger partial charge in [0.05, 0.1) is 6.54 Å². The number of hydrogen-bond acceptors (Lipinski definition) is 5. The summed E-state index contributed by atoms with van der Waals surface area (Å²) in [6.45, 7) is 3.90. The van der Waals surface area contributed by atoms with Crippen LogP contribution in [0.1, 0.15) is 21.8 Å². The largest absolute Gasteiger partial charge is 0.508 e. The molecule has 1 aromatic carbocycles. The fourth-order valence-electron chi connectivity index (χ4n) is 2.71. The van der Waals surface area contributed by atoms with Crippen LogP contribution in [0.15, 0.2) is 34.9 Å². The summed E-state index contributed by atoms with van der Waals surface area (Å²) < 4.78 is 4.96. The van der Waals surface area contributed by atoms with Crippen LogP contribution in [-0.4, -0.2) is 58.2 Å². The van der Waals surface area contributed by atoms with Gasteiger partial charge in [-0.05, 0) is 25.1 Å². The predicted octanol–water partition coefficient (Wildman–Crippen LogP) is 1.36. The quantitative estimate of drug-likeness (QED) is 0.876. The highest BCUT2D eigenvalue weighted by molar-refractivity contribution is 5.94. The third-order valence-electron chi connectivity index (χ3n) is 4.04. The summed E-state index contributed by atoms with van der Waals surface area (Å²) in [7, 11) is 0. The van der Waals surface area contributed by atoms with E-state index in [0.717, 1.165) is 0 Å². The molecule has 0 aliphatic carbocycles. The van der Waals surface area contributed by atoms with E-state index in [-0.39, 0.29) is 17.7 Å². The molecule has 132 valence electrons. The van der Waals surface area contributed by atoms with Gasteiger partial charge < -0.3 is 24.7 Å². The maximum atomic E-state index is 12.4. The molecular formula is C17H20N4O4. The first-order chi connectivity index (χ1) is 12.0. The fourth-order valence-corrected chi connectivity index (χ4v) is 2.71. The van der Waals surface area contributed by atoms with Crippen molar-refractivity contribution in [2.45, 2.75) is 13.5 Å². The zero-order valence-corrected chi connectivity index (χ0v) is 13.9. The molecule has 0 unspecified atom stereocenters. The topological polar surface area (TPSA) is 98.9 Å². The molecule has 25 heavy (non-hydrogen) atoms. The molecule has 1 aromatic heterocycles. The predicted molar refractivity (Wildman–Crippen MR) is 89.1 cm³/mol. The minimum Gasteiger partial charge on any atom is -0.508 e. The highest BCUT2D eigenvalue weighted by Gasteiger charge is 2.25. The van der Waals surface area contributed by atoms with Crippen molar-refractivity contribution in [1.82, 2.24) is 20.3 Å². The average Bonchev–Trinajstić information content (AvgIpc) is 3.04. The van der Waals surface area contributed by atoms with E-state index in [4.69, 9.17) is 4.52 Å². The highest BCUT2D eigenvalue weighted by Crippen LogP contribution is 2.14. The van der Waals surface area contributed by atoms with E-state index in [9.17, 15) is 14.7 Å². The molecule has 0 spiro atoms. The first-order valence-corrected chi connectivity index (χ1v) is 8.06. The fraction of sp³-hybridized carbons (Fsp3) is 0.353. The number of nitrogens with one attached hydrogen (secondary N) is 1. The van der Waals surface area contributed by atoms with Gasteiger partial charge in [0.2, 0.25) is 0 Å². The van der Waals surface area contributed by atoms with E-state index in [2.05, 4.69) is 10.5 Å². The summed E-state index contributed by atoms with van der Waals surface area (Å²) in [5, 5.41) is 16.1. The second-order valence-corrected chi connectivity index (χ2v) is 5.92. The number of phenolic OH excluding ortho intramolecular Hbond substituents is 1. The molecule has 0 atom stereocenters. The summed E-state index contributed by atoms with van der Waals surface area (Å²) in [5.74, 6) is 0.615. The smallest absolute Gasteiger partial charge is 0.317 e. The van der Waals surface area contributed by atoms with Gasteiger partial charge in [-0.2, -0.15) is 0 Å². The second kappa shape index (κ2) is 7.25. The van der Waals surface area contributed by atoms with Crippen molar-refractivity contribution < 1.29 is 19.2 Å². The normalized spacial score (nSPS) is 14.4. The lowest BCUT2D eigenvalue weighted by Gasteiger charge is -2.34. The van der Waals surface area contributed by atoms with Crippen LogP contribution in [0.3, 0.4) is 0 Å². The Morgan fingerprint density at radius 1 is 1.20 bits per heavy atom. The molecule has 1 aliphatic rings. The van der Waals surface area contributed by atoms with E-state index in [0.29, 0.717) is 49.7 Å². The number of urea groups is 1. The van der Waals surface area contributed by atoms with Gasteiger partial charge in [0.15, 0.2) is 0 Å². The molecule has 8 nitrogen and oxygen atoms in total. The summed E-state index contributed by atoms with van der Waals surface area (Å²) in [5.41, 5.74) is 1.11. The number of rotatable bonds is 3. The van der Waals surface area contributed by atoms with Crippen LogP contribution < -0.4 is 5.32 Å². The third-order valence-corrected chi connectivity index (χ3v) is 4.04. The molecular weight excluding hydrogens is 324 g/mol. The van der Waals surface area contributed by atoms with Gasteiger partial charge in [0.25, 0.3) is 5.91 Å². The van der Waals surface area contributed by atoms with Gasteiger partial charge in [0, 0.05) is 37.8 Å². The molecule has 2 aromatic rings. The SMILES string of the molecule is Cc1cc(CNC(=O)N2CCN(C(=O)c3cccc(O)c3)CC2)no1. The Balaban J connectivity index is 1.49. The number of carbonyl (C=O) groups excluding carboxylic acids is 2. The maximum Gasteiger partial charge on any atom is 0.317 e. The first-order valence-electron chi connectivity index (χ1n) is 8.06. The zero-order chi connectivity index (χ0) is 17.8. The number of carbonyl (C=O) groups is 2. The lowest BCUT2D eigenvalue weighted by Crippen LogP contribution is -2.53. The standard InChI is InChI=1S/C17H20N4O4/c1-12-9-14(19-25-12)11-18-17(24)21-7-5-20(6-8-21)16(23)13-3-2-4-15(22)10-13/h2-4,9-10,22H,5-8,11H2,1H3,(H,18,24). The lowest BCUT2D eigenvalue weighted by atomic mass is 10.1. The Morgan fingerprint density at radius 2 is 1.92 bits per heavy atom. The van der Waals surface area contributed by atoms with Crippen molar-refractivity contribution in [2.75, 3.05) is 26.2 Å². The lowest BCUT2D eigenvalue weighted by molar-refractivity contribution is 0.0664. The zero-order valence-electron chi connectivity index (χ0n) is 13.9. The van der Waals surface area contributed by atoms with Gasteiger partial charge in [0.1, 0.15) is 17.2 Å². The number of piperazine rings is 1. The highest BCUT2D eigenvalue weighted by atomic mass is 16.5. The van der Waals surface area contributed by atoms with Gasteiger partial charge in [-0.1, -0.05) is 11.2 Å². The van der Waals surface area contributed by atoms with E-state index in [1.165, 1.54) is 12.1 Å². The molecule has 0 radical (unpaired) electrons. The number of aryl methyl sites for hydroxylation is 1.